The number of carbonyl (C=O) groups is 2. The third-order valence-corrected chi connectivity index (χ3v) is 6.26. The first-order chi connectivity index (χ1) is 15.5. The summed E-state index contributed by atoms with van der Waals surface area (Å²) < 4.78 is 5.17. The lowest BCUT2D eigenvalue weighted by molar-refractivity contribution is -0.138. The molecule has 0 saturated carbocycles. The zero-order chi connectivity index (χ0) is 22.5. The van der Waals surface area contributed by atoms with Crippen molar-refractivity contribution < 1.29 is 14.1 Å². The fourth-order valence-corrected chi connectivity index (χ4v) is 4.34. The molecule has 4 rings (SSSR count). The minimum atomic E-state index is -0.0946. The molecule has 3 heterocycles. The number of piperazine rings is 1. The van der Waals surface area contributed by atoms with Crippen LogP contribution in [0.4, 0.5) is 10.5 Å². The van der Waals surface area contributed by atoms with Crippen LogP contribution in [0.3, 0.4) is 0 Å². The van der Waals surface area contributed by atoms with Gasteiger partial charge in [-0.15, -0.1) is 0 Å². The molecule has 3 amide bonds. The molecule has 2 aliphatic rings. The summed E-state index contributed by atoms with van der Waals surface area (Å²) in [5.41, 5.74) is 1.91. The number of likely N-dealkylation sites (tertiary alicyclic amines) is 1. The number of hydrogen-bond acceptors (Lipinski definition) is 6. The van der Waals surface area contributed by atoms with Crippen molar-refractivity contribution in [2.24, 2.45) is 5.92 Å². The van der Waals surface area contributed by atoms with Crippen molar-refractivity contribution in [2.75, 3.05) is 44.6 Å². The van der Waals surface area contributed by atoms with Crippen LogP contribution in [0, 0.1) is 12.8 Å². The number of aromatic nitrogens is 2. The number of piperidine rings is 1. The van der Waals surface area contributed by atoms with E-state index >= 15 is 0 Å². The van der Waals surface area contributed by atoms with Crippen LogP contribution in [-0.4, -0.2) is 76.0 Å². The zero-order valence-electron chi connectivity index (χ0n) is 18.9. The summed E-state index contributed by atoms with van der Waals surface area (Å²) in [6.45, 7) is 8.88. The highest BCUT2D eigenvalue weighted by molar-refractivity contribution is 5.89. The van der Waals surface area contributed by atoms with Gasteiger partial charge < -0.3 is 19.6 Å². The molecule has 1 aromatic heterocycles. The Morgan fingerprint density at radius 2 is 1.84 bits per heavy atom. The molecule has 0 unspecified atom stereocenters. The SMILES string of the molecule is CCc1nc(CN2CCN(C(=O)C3CCN(C(=O)Nc4cccc(C)c4)CC3)CC2)no1. The van der Waals surface area contributed by atoms with Gasteiger partial charge in [0.1, 0.15) is 0 Å². The smallest absolute Gasteiger partial charge is 0.321 e. The van der Waals surface area contributed by atoms with Gasteiger partial charge in [-0.1, -0.05) is 24.2 Å². The van der Waals surface area contributed by atoms with E-state index in [2.05, 4.69) is 20.4 Å². The van der Waals surface area contributed by atoms with Crippen molar-refractivity contribution in [1.82, 2.24) is 24.8 Å². The van der Waals surface area contributed by atoms with Gasteiger partial charge in [-0.25, -0.2) is 4.79 Å². The Morgan fingerprint density at radius 1 is 1.09 bits per heavy atom. The summed E-state index contributed by atoms with van der Waals surface area (Å²) in [4.78, 5) is 36.0. The van der Waals surface area contributed by atoms with Crippen LogP contribution in [0.25, 0.3) is 0 Å². The molecule has 0 spiro atoms. The lowest BCUT2D eigenvalue weighted by atomic mass is 9.95. The predicted molar refractivity (Wildman–Crippen MR) is 120 cm³/mol. The molecule has 0 radical (unpaired) electrons. The summed E-state index contributed by atoms with van der Waals surface area (Å²) in [5, 5.41) is 6.97. The number of aryl methyl sites for hydroxylation is 2. The number of carbonyl (C=O) groups excluding carboxylic acids is 2. The Morgan fingerprint density at radius 3 is 2.50 bits per heavy atom. The van der Waals surface area contributed by atoms with E-state index in [9.17, 15) is 9.59 Å². The maximum atomic E-state index is 13.0. The van der Waals surface area contributed by atoms with Crippen LogP contribution >= 0.6 is 0 Å². The van der Waals surface area contributed by atoms with Crippen molar-refractivity contribution >= 4 is 17.6 Å². The molecule has 0 bridgehead atoms. The summed E-state index contributed by atoms with van der Waals surface area (Å²) in [6, 6.07) is 7.68. The number of benzene rings is 1. The second-order valence-electron chi connectivity index (χ2n) is 8.62. The highest BCUT2D eigenvalue weighted by atomic mass is 16.5. The van der Waals surface area contributed by atoms with E-state index in [0.29, 0.717) is 57.3 Å². The Balaban J connectivity index is 1.20. The number of nitrogens with zero attached hydrogens (tertiary/aromatic N) is 5. The fourth-order valence-electron chi connectivity index (χ4n) is 4.34. The van der Waals surface area contributed by atoms with Crippen LogP contribution in [0.15, 0.2) is 28.8 Å². The third kappa shape index (κ3) is 5.45. The van der Waals surface area contributed by atoms with Crippen molar-refractivity contribution in [3.8, 4) is 0 Å². The average Bonchev–Trinajstić information content (AvgIpc) is 3.27. The average molecular weight is 441 g/mol. The summed E-state index contributed by atoms with van der Waals surface area (Å²) >= 11 is 0. The van der Waals surface area contributed by atoms with Gasteiger partial charge in [-0.3, -0.25) is 9.69 Å². The molecule has 0 atom stereocenters. The van der Waals surface area contributed by atoms with Gasteiger partial charge in [-0.05, 0) is 37.5 Å². The zero-order valence-corrected chi connectivity index (χ0v) is 18.9. The van der Waals surface area contributed by atoms with E-state index in [1.54, 1.807) is 4.90 Å². The molecule has 2 saturated heterocycles. The van der Waals surface area contributed by atoms with Crippen molar-refractivity contribution in [3.63, 3.8) is 0 Å². The van der Waals surface area contributed by atoms with Crippen molar-refractivity contribution in [3.05, 3.63) is 41.5 Å². The van der Waals surface area contributed by atoms with Gasteiger partial charge >= 0.3 is 6.03 Å². The lowest BCUT2D eigenvalue weighted by Gasteiger charge is -2.38. The summed E-state index contributed by atoms with van der Waals surface area (Å²) in [6.07, 6.45) is 2.16. The number of hydrogen-bond donors (Lipinski definition) is 1. The molecule has 32 heavy (non-hydrogen) atoms. The number of urea groups is 1. The van der Waals surface area contributed by atoms with E-state index < -0.39 is 0 Å². The van der Waals surface area contributed by atoms with Gasteiger partial charge in [0.05, 0.1) is 6.54 Å². The second kappa shape index (κ2) is 10.1. The monoisotopic (exact) mass is 440 g/mol. The highest BCUT2D eigenvalue weighted by Crippen LogP contribution is 2.22. The van der Waals surface area contributed by atoms with Crippen LogP contribution in [-0.2, 0) is 17.8 Å². The van der Waals surface area contributed by atoms with E-state index in [0.717, 1.165) is 30.8 Å². The Labute approximate surface area is 188 Å². The number of anilines is 1. The normalized spacial score (nSPS) is 18.1. The van der Waals surface area contributed by atoms with Crippen LogP contribution in [0.5, 0.6) is 0 Å². The fraction of sp³-hybridized carbons (Fsp3) is 0.565. The maximum Gasteiger partial charge on any atom is 0.321 e. The van der Waals surface area contributed by atoms with E-state index in [4.69, 9.17) is 4.52 Å². The molecule has 2 aromatic rings. The van der Waals surface area contributed by atoms with E-state index in [-0.39, 0.29) is 17.9 Å². The Hall–Kier alpha value is -2.94. The van der Waals surface area contributed by atoms with Crippen molar-refractivity contribution in [2.45, 2.75) is 39.7 Å². The number of nitrogens with one attached hydrogen (secondary N) is 1. The minimum absolute atomic E-state index is 0.00566. The summed E-state index contributed by atoms with van der Waals surface area (Å²) in [5.74, 6) is 1.58. The van der Waals surface area contributed by atoms with Crippen LogP contribution in [0.1, 0.15) is 37.0 Å². The first-order valence-electron chi connectivity index (χ1n) is 11.5. The maximum absolute atomic E-state index is 13.0. The van der Waals surface area contributed by atoms with E-state index in [1.165, 1.54) is 0 Å². The van der Waals surface area contributed by atoms with Gasteiger partial charge in [0.2, 0.25) is 11.8 Å². The second-order valence-corrected chi connectivity index (χ2v) is 8.62. The lowest BCUT2D eigenvalue weighted by Crippen LogP contribution is -2.52. The first kappa shape index (κ1) is 22.3. The van der Waals surface area contributed by atoms with Crippen LogP contribution < -0.4 is 5.32 Å². The molecule has 2 aliphatic heterocycles. The molecule has 1 N–H and O–H groups in total. The third-order valence-electron chi connectivity index (χ3n) is 6.26. The van der Waals surface area contributed by atoms with Crippen LogP contribution in [0.2, 0.25) is 0 Å². The van der Waals surface area contributed by atoms with Gasteiger partial charge in [0.15, 0.2) is 5.82 Å². The topological polar surface area (TPSA) is 94.8 Å². The van der Waals surface area contributed by atoms with Gasteiger partial charge in [-0.2, -0.15) is 4.98 Å². The first-order valence-corrected chi connectivity index (χ1v) is 11.5. The summed E-state index contributed by atoms with van der Waals surface area (Å²) in [7, 11) is 0. The Bertz CT molecular complexity index is 929. The number of amides is 3. The molecular formula is C23H32N6O3. The molecule has 172 valence electrons. The quantitative estimate of drug-likeness (QED) is 0.768. The number of rotatable bonds is 5. The molecule has 2 fully saturated rings. The molecule has 0 aliphatic carbocycles. The predicted octanol–water partition coefficient (Wildman–Crippen LogP) is 2.53. The van der Waals surface area contributed by atoms with Crippen molar-refractivity contribution in [1.29, 1.82) is 0 Å². The molecule has 9 heteroatoms. The molecule has 9 nitrogen and oxygen atoms in total. The largest absolute Gasteiger partial charge is 0.340 e. The highest BCUT2D eigenvalue weighted by Gasteiger charge is 2.32. The van der Waals surface area contributed by atoms with Gasteiger partial charge in [0, 0.05) is 57.3 Å². The van der Waals surface area contributed by atoms with E-state index in [1.807, 2.05) is 43.0 Å². The van der Waals surface area contributed by atoms with Gasteiger partial charge in [0.25, 0.3) is 0 Å². The Kier molecular flexibility index (Phi) is 7.04. The minimum Gasteiger partial charge on any atom is -0.340 e. The molecular weight excluding hydrogens is 408 g/mol. The molecule has 1 aromatic carbocycles. The standard InChI is InChI=1S/C23H32N6O3/c1-3-21-25-20(26-32-21)16-27-11-13-28(14-12-27)22(30)18-7-9-29(10-8-18)23(31)24-19-6-4-5-17(2)15-19/h4-6,15,18H,3,7-14,16H2,1-2H3,(H,24,31).